The quantitative estimate of drug-likeness (QED) is 0.611. The average molecular weight is 352 g/mol. The summed E-state index contributed by atoms with van der Waals surface area (Å²) in [5.41, 5.74) is -1.63. The van der Waals surface area contributed by atoms with Gasteiger partial charge in [0.2, 0.25) is 0 Å². The fourth-order valence-corrected chi connectivity index (χ4v) is 7.76. The number of aliphatic hydroxyl groups is 3. The Hall–Kier alpha value is -0.650. The van der Waals surface area contributed by atoms with Gasteiger partial charge in [0.25, 0.3) is 0 Å². The van der Waals surface area contributed by atoms with E-state index in [2.05, 4.69) is 6.92 Å². The first-order valence-corrected chi connectivity index (χ1v) is 10.0. The zero-order valence-corrected chi connectivity index (χ0v) is 15.2. The van der Waals surface area contributed by atoms with E-state index < -0.39 is 23.1 Å². The Labute approximate surface area is 149 Å². The number of fused-ring (bicyclic) bond motifs is 5. The van der Waals surface area contributed by atoms with Crippen LogP contribution in [0.1, 0.15) is 64.7 Å². The maximum atomic E-state index is 11.7. The minimum atomic E-state index is -0.973. The van der Waals surface area contributed by atoms with E-state index in [1.807, 2.05) is 0 Å². The fraction of sp³-hybridized carbons (Fsp3) is 0.950. The molecular weight excluding hydrogens is 320 g/mol. The molecule has 4 rings (SSSR count). The van der Waals surface area contributed by atoms with Crippen LogP contribution in [0.25, 0.3) is 0 Å². The molecule has 0 aromatic heterocycles. The first-order valence-electron chi connectivity index (χ1n) is 10.0. The summed E-state index contributed by atoms with van der Waals surface area (Å²) >= 11 is 0. The zero-order valence-electron chi connectivity index (χ0n) is 15.2. The van der Waals surface area contributed by atoms with Gasteiger partial charge in [0.15, 0.2) is 0 Å². The molecule has 25 heavy (non-hydrogen) atoms. The van der Waals surface area contributed by atoms with Crippen LogP contribution in [0, 0.1) is 34.5 Å². The lowest BCUT2D eigenvalue weighted by atomic mass is 9.43. The van der Waals surface area contributed by atoms with Crippen LogP contribution in [-0.4, -0.2) is 44.7 Å². The lowest BCUT2D eigenvalue weighted by Gasteiger charge is -2.64. The minimum absolute atomic E-state index is 0.0246. The Balaban J connectivity index is 1.68. The molecule has 0 amide bonds. The van der Waals surface area contributed by atoms with E-state index in [9.17, 15) is 25.2 Å². The molecule has 4 N–H and O–H groups in total. The number of hydrogen-bond acceptors (Lipinski definition) is 4. The lowest BCUT2D eigenvalue weighted by Crippen LogP contribution is -2.65. The number of hydrogen-bond donors (Lipinski definition) is 4. The molecule has 4 aliphatic carbocycles. The molecular formula is C20H32O5. The van der Waals surface area contributed by atoms with Crippen LogP contribution in [0.4, 0.5) is 0 Å². The Morgan fingerprint density at radius 2 is 1.80 bits per heavy atom. The summed E-state index contributed by atoms with van der Waals surface area (Å²) in [5, 5.41) is 41.5. The SMILES string of the molecule is C[C@]12CC[C@@H]3[C@H](CC[C@@]4(O)C[C@H](O)CC[C@]34CO)[C@H]1CC[C@H]2C(=O)O. The van der Waals surface area contributed by atoms with Crippen LogP contribution in [-0.2, 0) is 4.79 Å². The minimum Gasteiger partial charge on any atom is -0.481 e. The summed E-state index contributed by atoms with van der Waals surface area (Å²) in [4.78, 5) is 11.7. The molecule has 0 unspecified atom stereocenters. The van der Waals surface area contributed by atoms with Crippen LogP contribution in [0.2, 0.25) is 0 Å². The zero-order chi connectivity index (χ0) is 18.0. The third kappa shape index (κ3) is 2.21. The predicted molar refractivity (Wildman–Crippen MR) is 91.7 cm³/mol. The van der Waals surface area contributed by atoms with E-state index in [1.165, 1.54) is 0 Å². The van der Waals surface area contributed by atoms with Crippen LogP contribution >= 0.6 is 0 Å². The molecule has 4 aliphatic rings. The number of carboxylic acid groups (broad SMARTS) is 1. The summed E-state index contributed by atoms with van der Waals surface area (Å²) in [6.45, 7) is 2.14. The van der Waals surface area contributed by atoms with Gasteiger partial charge >= 0.3 is 5.97 Å². The summed E-state index contributed by atoms with van der Waals surface area (Å²) in [5.74, 6) is 0.109. The molecule has 0 bridgehead atoms. The van der Waals surface area contributed by atoms with Crippen molar-refractivity contribution in [2.75, 3.05) is 6.61 Å². The van der Waals surface area contributed by atoms with Gasteiger partial charge in [-0.2, -0.15) is 0 Å². The van der Waals surface area contributed by atoms with Crippen molar-refractivity contribution in [2.24, 2.45) is 34.5 Å². The van der Waals surface area contributed by atoms with Crippen LogP contribution < -0.4 is 0 Å². The molecule has 5 nitrogen and oxygen atoms in total. The van der Waals surface area contributed by atoms with Gasteiger partial charge < -0.3 is 20.4 Å². The van der Waals surface area contributed by atoms with Crippen molar-refractivity contribution in [1.82, 2.24) is 0 Å². The van der Waals surface area contributed by atoms with Gasteiger partial charge in [-0.05, 0) is 74.5 Å². The number of carbonyl (C=O) groups is 1. The van der Waals surface area contributed by atoms with Crippen molar-refractivity contribution in [3.05, 3.63) is 0 Å². The van der Waals surface area contributed by atoms with E-state index in [1.54, 1.807) is 0 Å². The Morgan fingerprint density at radius 3 is 2.48 bits per heavy atom. The third-order valence-corrected chi connectivity index (χ3v) is 9.04. The van der Waals surface area contributed by atoms with Gasteiger partial charge in [-0.1, -0.05) is 6.92 Å². The van der Waals surface area contributed by atoms with Gasteiger partial charge in [-0.25, -0.2) is 0 Å². The molecule has 0 radical (unpaired) electrons. The molecule has 0 aliphatic heterocycles. The van der Waals surface area contributed by atoms with E-state index in [0.29, 0.717) is 37.5 Å². The van der Waals surface area contributed by atoms with Crippen LogP contribution in [0.5, 0.6) is 0 Å². The number of aliphatic hydroxyl groups excluding tert-OH is 2. The second-order valence-corrected chi connectivity index (χ2v) is 9.67. The van der Waals surface area contributed by atoms with Gasteiger partial charge in [-0.3, -0.25) is 4.79 Å². The van der Waals surface area contributed by atoms with Crippen LogP contribution in [0.15, 0.2) is 0 Å². The van der Waals surface area contributed by atoms with Crippen molar-refractivity contribution in [1.29, 1.82) is 0 Å². The topological polar surface area (TPSA) is 98.0 Å². The van der Waals surface area contributed by atoms with E-state index in [-0.39, 0.29) is 23.9 Å². The molecule has 0 heterocycles. The van der Waals surface area contributed by atoms with Crippen molar-refractivity contribution >= 4 is 5.97 Å². The van der Waals surface area contributed by atoms with E-state index in [4.69, 9.17) is 0 Å². The largest absolute Gasteiger partial charge is 0.481 e. The normalized spacial score (nSPS) is 55.1. The third-order valence-electron chi connectivity index (χ3n) is 9.04. The Kier molecular flexibility index (Phi) is 4.03. The van der Waals surface area contributed by atoms with Gasteiger partial charge in [0, 0.05) is 11.8 Å². The predicted octanol–water partition coefficient (Wildman–Crippen LogP) is 2.18. The summed E-state index contributed by atoms with van der Waals surface area (Å²) in [6.07, 6.45) is 6.20. The summed E-state index contributed by atoms with van der Waals surface area (Å²) < 4.78 is 0. The summed E-state index contributed by atoms with van der Waals surface area (Å²) in [7, 11) is 0. The number of aliphatic carboxylic acids is 1. The highest BCUT2D eigenvalue weighted by Crippen LogP contribution is 2.68. The molecule has 4 fully saturated rings. The van der Waals surface area contributed by atoms with Crippen molar-refractivity contribution in [3.8, 4) is 0 Å². The smallest absolute Gasteiger partial charge is 0.307 e. The molecule has 0 aromatic rings. The maximum absolute atomic E-state index is 11.7. The lowest BCUT2D eigenvalue weighted by molar-refractivity contribution is -0.240. The molecule has 142 valence electrons. The highest BCUT2D eigenvalue weighted by molar-refractivity contribution is 5.71. The molecule has 8 atom stereocenters. The van der Waals surface area contributed by atoms with Crippen molar-refractivity contribution in [3.63, 3.8) is 0 Å². The second kappa shape index (κ2) is 5.67. The van der Waals surface area contributed by atoms with Gasteiger partial charge in [0.05, 0.1) is 24.2 Å². The van der Waals surface area contributed by atoms with Crippen molar-refractivity contribution in [2.45, 2.75) is 76.4 Å². The molecule has 0 saturated heterocycles. The maximum Gasteiger partial charge on any atom is 0.307 e. The average Bonchev–Trinajstić information content (AvgIpc) is 2.91. The van der Waals surface area contributed by atoms with Crippen LogP contribution in [0.3, 0.4) is 0 Å². The van der Waals surface area contributed by atoms with E-state index >= 15 is 0 Å². The molecule has 4 saturated carbocycles. The van der Waals surface area contributed by atoms with E-state index in [0.717, 1.165) is 32.1 Å². The molecule has 5 heteroatoms. The first-order chi connectivity index (χ1) is 11.8. The molecule has 0 aromatic carbocycles. The highest BCUT2D eigenvalue weighted by Gasteiger charge is 2.66. The fourth-order valence-electron chi connectivity index (χ4n) is 7.76. The highest BCUT2D eigenvalue weighted by atomic mass is 16.4. The number of carboxylic acids is 1. The molecule has 0 spiro atoms. The van der Waals surface area contributed by atoms with Crippen molar-refractivity contribution < 1.29 is 25.2 Å². The Morgan fingerprint density at radius 1 is 1.04 bits per heavy atom. The standard InChI is InChI=1S/C20H32O5/c1-18-7-6-15-13(14(18)2-3-16(18)17(23)24)5-9-20(25)10-12(22)4-8-19(15,20)11-21/h12-16,21-22,25H,2-11H2,1H3,(H,23,24)/t12-,13-,14-,15-,16+,18+,19+,20-/m1/s1. The van der Waals surface area contributed by atoms with Gasteiger partial charge in [0.1, 0.15) is 0 Å². The van der Waals surface area contributed by atoms with Gasteiger partial charge in [-0.15, -0.1) is 0 Å². The monoisotopic (exact) mass is 352 g/mol. The first kappa shape index (κ1) is 17.7. The second-order valence-electron chi connectivity index (χ2n) is 9.67. The summed E-state index contributed by atoms with van der Waals surface area (Å²) in [6, 6.07) is 0. The Bertz CT molecular complexity index is 564. The number of rotatable bonds is 2.